The summed E-state index contributed by atoms with van der Waals surface area (Å²) < 4.78 is 5.87. The van der Waals surface area contributed by atoms with Crippen molar-refractivity contribution in [3.8, 4) is 0 Å². The summed E-state index contributed by atoms with van der Waals surface area (Å²) in [6.07, 6.45) is 54.1. The molecule has 0 fully saturated rings. The summed E-state index contributed by atoms with van der Waals surface area (Å²) in [5, 5.41) is 0. The lowest BCUT2D eigenvalue weighted by Crippen LogP contribution is -1.97. The van der Waals surface area contributed by atoms with Crippen LogP contribution in [0.15, 0.2) is 24.3 Å². The van der Waals surface area contributed by atoms with Gasteiger partial charge in [-0.15, -0.1) is 0 Å². The van der Waals surface area contributed by atoms with Crippen molar-refractivity contribution in [2.45, 2.75) is 219 Å². The minimum Gasteiger partial charge on any atom is -0.381 e. The van der Waals surface area contributed by atoms with Crippen molar-refractivity contribution in [3.05, 3.63) is 24.3 Å². The highest BCUT2D eigenvalue weighted by atomic mass is 16.5. The zero-order valence-electron chi connectivity index (χ0n) is 28.8. The average molecular weight is 575 g/mol. The van der Waals surface area contributed by atoms with Crippen LogP contribution in [-0.2, 0) is 4.74 Å². The van der Waals surface area contributed by atoms with E-state index in [1.54, 1.807) is 0 Å². The quantitative estimate of drug-likeness (QED) is 0.0534. The Kier molecular flexibility index (Phi) is 38.9. The minimum atomic E-state index is 0.979. The molecule has 0 aromatic carbocycles. The normalized spacial score (nSPS) is 12.0. The van der Waals surface area contributed by atoms with Gasteiger partial charge in [0.05, 0.1) is 0 Å². The average Bonchev–Trinajstić information content (AvgIpc) is 2.98. The van der Waals surface area contributed by atoms with Gasteiger partial charge in [0.1, 0.15) is 0 Å². The van der Waals surface area contributed by atoms with Gasteiger partial charge in [0.25, 0.3) is 0 Å². The first-order valence-electron chi connectivity index (χ1n) is 19.3. The summed E-state index contributed by atoms with van der Waals surface area (Å²) in [6.45, 7) is 6.55. The molecule has 0 saturated carbocycles. The lowest BCUT2D eigenvalue weighted by atomic mass is 10.1. The molecule has 0 bridgehead atoms. The van der Waals surface area contributed by atoms with E-state index in [0.717, 1.165) is 13.2 Å². The maximum atomic E-state index is 5.87. The van der Waals surface area contributed by atoms with Crippen LogP contribution >= 0.6 is 0 Å². The van der Waals surface area contributed by atoms with E-state index in [1.165, 1.54) is 205 Å². The molecule has 0 aromatic heterocycles. The fourth-order valence-electron chi connectivity index (χ4n) is 5.71. The van der Waals surface area contributed by atoms with Crippen molar-refractivity contribution in [1.82, 2.24) is 0 Å². The van der Waals surface area contributed by atoms with Crippen molar-refractivity contribution in [1.29, 1.82) is 0 Å². The van der Waals surface area contributed by atoms with E-state index in [1.807, 2.05) is 0 Å². The molecule has 0 radical (unpaired) electrons. The molecule has 0 aliphatic carbocycles. The molecule has 0 heterocycles. The van der Waals surface area contributed by atoms with Crippen LogP contribution in [0.3, 0.4) is 0 Å². The van der Waals surface area contributed by atoms with Gasteiger partial charge in [-0.2, -0.15) is 0 Å². The third kappa shape index (κ3) is 39.4. The molecule has 0 spiro atoms. The molecule has 0 saturated heterocycles. The first kappa shape index (κ1) is 40.4. The zero-order chi connectivity index (χ0) is 29.6. The molecule has 0 atom stereocenters. The molecule has 41 heavy (non-hydrogen) atoms. The largest absolute Gasteiger partial charge is 0.381 e. The first-order valence-corrected chi connectivity index (χ1v) is 19.3. The Balaban J connectivity index is 3.11. The van der Waals surface area contributed by atoms with Crippen molar-refractivity contribution in [2.24, 2.45) is 0 Å². The monoisotopic (exact) mass is 575 g/mol. The molecule has 0 aliphatic heterocycles. The van der Waals surface area contributed by atoms with Gasteiger partial charge >= 0.3 is 0 Å². The Morgan fingerprint density at radius 2 is 0.488 bits per heavy atom. The molecular weight excluding hydrogens is 496 g/mol. The predicted octanol–water partition coefficient (Wildman–Crippen LogP) is 14.6. The first-order chi connectivity index (χ1) is 20.4. The molecule has 0 aliphatic rings. The van der Waals surface area contributed by atoms with Crippen molar-refractivity contribution >= 4 is 0 Å². The summed E-state index contributed by atoms with van der Waals surface area (Å²) >= 11 is 0. The van der Waals surface area contributed by atoms with Gasteiger partial charge in [0.15, 0.2) is 0 Å². The fourth-order valence-corrected chi connectivity index (χ4v) is 5.71. The Labute approximate surface area is 261 Å². The molecule has 0 unspecified atom stereocenters. The molecular formula is C40H78O. The highest BCUT2D eigenvalue weighted by Gasteiger charge is 1.95. The van der Waals surface area contributed by atoms with Crippen molar-refractivity contribution in [2.75, 3.05) is 13.2 Å². The summed E-state index contributed by atoms with van der Waals surface area (Å²) in [5.74, 6) is 0. The van der Waals surface area contributed by atoms with Crippen LogP contribution in [0.25, 0.3) is 0 Å². The van der Waals surface area contributed by atoms with Crippen LogP contribution in [0.1, 0.15) is 219 Å². The predicted molar refractivity (Wildman–Crippen MR) is 188 cm³/mol. The number of ether oxygens (including phenoxy) is 1. The maximum absolute atomic E-state index is 5.87. The van der Waals surface area contributed by atoms with Crippen LogP contribution in [0, 0.1) is 0 Å². The van der Waals surface area contributed by atoms with Gasteiger partial charge in [0, 0.05) is 13.2 Å². The van der Waals surface area contributed by atoms with E-state index in [2.05, 4.69) is 38.2 Å². The van der Waals surface area contributed by atoms with Crippen LogP contribution in [-0.4, -0.2) is 13.2 Å². The van der Waals surface area contributed by atoms with Crippen LogP contribution < -0.4 is 0 Å². The van der Waals surface area contributed by atoms with Gasteiger partial charge in [-0.05, 0) is 64.2 Å². The van der Waals surface area contributed by atoms with E-state index in [9.17, 15) is 0 Å². The van der Waals surface area contributed by atoms with Gasteiger partial charge in [0.2, 0.25) is 0 Å². The van der Waals surface area contributed by atoms with Gasteiger partial charge in [-0.1, -0.05) is 179 Å². The SMILES string of the molecule is CCCCCCCCCCC=CCCCCCCCCOCCCCCCCCC=CCCCCCCCCCC. The molecule has 0 N–H and O–H groups in total. The van der Waals surface area contributed by atoms with Crippen LogP contribution in [0.2, 0.25) is 0 Å². The van der Waals surface area contributed by atoms with Gasteiger partial charge in [-0.25, -0.2) is 0 Å². The maximum Gasteiger partial charge on any atom is 0.0466 e. The number of rotatable bonds is 36. The molecule has 244 valence electrons. The second kappa shape index (κ2) is 39.4. The van der Waals surface area contributed by atoms with Crippen LogP contribution in [0.4, 0.5) is 0 Å². The lowest BCUT2D eigenvalue weighted by Gasteiger charge is -2.05. The second-order valence-electron chi connectivity index (χ2n) is 12.9. The van der Waals surface area contributed by atoms with Gasteiger partial charge in [-0.3, -0.25) is 0 Å². The highest BCUT2D eigenvalue weighted by Crippen LogP contribution is 2.13. The van der Waals surface area contributed by atoms with E-state index in [0.29, 0.717) is 0 Å². The number of unbranched alkanes of at least 4 members (excludes halogenated alkanes) is 28. The van der Waals surface area contributed by atoms with E-state index < -0.39 is 0 Å². The summed E-state index contributed by atoms with van der Waals surface area (Å²) in [7, 11) is 0. The summed E-state index contributed by atoms with van der Waals surface area (Å²) in [6, 6.07) is 0. The van der Waals surface area contributed by atoms with E-state index in [4.69, 9.17) is 4.74 Å². The summed E-state index contributed by atoms with van der Waals surface area (Å²) in [4.78, 5) is 0. The third-order valence-electron chi connectivity index (χ3n) is 8.60. The van der Waals surface area contributed by atoms with E-state index >= 15 is 0 Å². The molecule has 0 rings (SSSR count). The number of hydrogen-bond acceptors (Lipinski definition) is 1. The number of hydrogen-bond donors (Lipinski definition) is 0. The van der Waals surface area contributed by atoms with E-state index in [-0.39, 0.29) is 0 Å². The minimum absolute atomic E-state index is 0.979. The molecule has 1 nitrogen and oxygen atoms in total. The second-order valence-corrected chi connectivity index (χ2v) is 12.9. The molecule has 1 heteroatoms. The topological polar surface area (TPSA) is 9.23 Å². The Morgan fingerprint density at radius 1 is 0.268 bits per heavy atom. The smallest absolute Gasteiger partial charge is 0.0466 e. The fraction of sp³-hybridized carbons (Fsp3) is 0.900. The standard InChI is InChI=1S/C40H78O/c1-3-5-7-9-11-13-15-17-19-21-23-25-27-29-31-33-35-37-39-41-40-38-36-34-32-30-28-26-24-22-20-18-16-14-12-10-8-6-4-2/h21-24H,3-20,25-40H2,1-2H3. The Morgan fingerprint density at radius 3 is 0.756 bits per heavy atom. The zero-order valence-corrected chi connectivity index (χ0v) is 28.8. The van der Waals surface area contributed by atoms with Gasteiger partial charge < -0.3 is 4.74 Å². The van der Waals surface area contributed by atoms with Crippen LogP contribution in [0.5, 0.6) is 0 Å². The Bertz CT molecular complexity index is 449. The lowest BCUT2D eigenvalue weighted by molar-refractivity contribution is 0.125. The third-order valence-corrected chi connectivity index (χ3v) is 8.60. The highest BCUT2D eigenvalue weighted by molar-refractivity contribution is 4.82. The number of allylic oxidation sites excluding steroid dienone is 4. The van der Waals surface area contributed by atoms with Crippen molar-refractivity contribution < 1.29 is 4.74 Å². The Hall–Kier alpha value is -0.560. The summed E-state index contributed by atoms with van der Waals surface area (Å²) in [5.41, 5.74) is 0. The molecule has 0 amide bonds. The van der Waals surface area contributed by atoms with Crippen molar-refractivity contribution in [3.63, 3.8) is 0 Å². The molecule has 0 aromatic rings.